The van der Waals surface area contributed by atoms with E-state index in [2.05, 4.69) is 15.6 Å². The van der Waals surface area contributed by atoms with Gasteiger partial charge >= 0.3 is 0 Å². The van der Waals surface area contributed by atoms with Crippen LogP contribution in [0.5, 0.6) is 0 Å². The number of hydrogen-bond acceptors (Lipinski definition) is 2. The van der Waals surface area contributed by atoms with Crippen molar-refractivity contribution in [2.75, 3.05) is 11.9 Å². The van der Waals surface area contributed by atoms with E-state index in [1.807, 2.05) is 0 Å². The van der Waals surface area contributed by atoms with Crippen molar-refractivity contribution in [3.8, 4) is 0 Å². The molecule has 0 aliphatic rings. The van der Waals surface area contributed by atoms with Gasteiger partial charge in [-0.05, 0) is 42.9 Å². The number of pyridine rings is 1. The van der Waals surface area contributed by atoms with Gasteiger partial charge in [-0.3, -0.25) is 0 Å². The van der Waals surface area contributed by atoms with Crippen LogP contribution in [0.25, 0.3) is 0 Å². The molecule has 0 radical (unpaired) electrons. The molecule has 1 heterocycles. The molecule has 0 spiro atoms. The number of nitrogens with zero attached hydrogens (tertiary/aromatic N) is 1. The lowest BCUT2D eigenvalue weighted by molar-refractivity contribution is 0.607. The second-order valence-electron chi connectivity index (χ2n) is 4.16. The quantitative estimate of drug-likeness (QED) is 0.821. The van der Waals surface area contributed by atoms with Crippen LogP contribution in [-0.2, 0) is 6.42 Å². The number of halogens is 3. The van der Waals surface area contributed by atoms with Crippen molar-refractivity contribution in [3.05, 3.63) is 58.0 Å². The molecule has 2 rings (SSSR count). The number of nitrogens with one attached hydrogen (secondary N) is 2. The van der Waals surface area contributed by atoms with Crippen molar-refractivity contribution in [2.24, 2.45) is 0 Å². The van der Waals surface area contributed by atoms with Crippen LogP contribution in [0.15, 0.2) is 36.5 Å². The Kier molecular flexibility index (Phi) is 5.73. The molecule has 0 fully saturated rings. The SMILES string of the molecule is Fc1cccc(Cl)c1CCNC(=S)Nc1ncccc1Cl. The molecule has 2 aromatic rings. The predicted molar refractivity (Wildman–Crippen MR) is 88.6 cm³/mol. The maximum absolute atomic E-state index is 13.6. The maximum atomic E-state index is 13.6. The zero-order valence-corrected chi connectivity index (χ0v) is 13.2. The first-order chi connectivity index (χ1) is 10.1. The molecular formula is C14H12Cl2FN3S. The zero-order chi connectivity index (χ0) is 15.2. The fourth-order valence-electron chi connectivity index (χ4n) is 1.70. The maximum Gasteiger partial charge on any atom is 0.171 e. The van der Waals surface area contributed by atoms with Crippen LogP contribution in [0.4, 0.5) is 10.2 Å². The highest BCUT2D eigenvalue weighted by Gasteiger charge is 2.07. The summed E-state index contributed by atoms with van der Waals surface area (Å²) >= 11 is 17.0. The van der Waals surface area contributed by atoms with E-state index in [0.29, 0.717) is 39.5 Å². The number of rotatable bonds is 4. The second kappa shape index (κ2) is 7.54. The first-order valence-electron chi connectivity index (χ1n) is 6.16. The first kappa shape index (κ1) is 15.9. The number of thiocarbonyl (C=S) groups is 1. The molecule has 0 unspecified atom stereocenters. The summed E-state index contributed by atoms with van der Waals surface area (Å²) in [4.78, 5) is 4.06. The fourth-order valence-corrected chi connectivity index (χ4v) is 2.33. The summed E-state index contributed by atoms with van der Waals surface area (Å²) in [6.45, 7) is 0.441. The lowest BCUT2D eigenvalue weighted by atomic mass is 10.1. The van der Waals surface area contributed by atoms with Crippen molar-refractivity contribution < 1.29 is 4.39 Å². The van der Waals surface area contributed by atoms with Gasteiger partial charge in [-0.25, -0.2) is 9.37 Å². The van der Waals surface area contributed by atoms with Gasteiger partial charge in [0.15, 0.2) is 10.9 Å². The standard InChI is InChI=1S/C14H12Cl2FN3S/c15-10-3-1-5-12(17)9(10)6-8-19-14(21)20-13-11(16)4-2-7-18-13/h1-5,7H,6,8H2,(H2,18,19,20,21). The number of anilines is 1. The smallest absolute Gasteiger partial charge is 0.171 e. The molecule has 0 saturated carbocycles. The topological polar surface area (TPSA) is 37.0 Å². The minimum absolute atomic E-state index is 0.323. The van der Waals surface area contributed by atoms with E-state index in [4.69, 9.17) is 35.4 Å². The van der Waals surface area contributed by atoms with Crippen LogP contribution in [0.1, 0.15) is 5.56 Å². The van der Waals surface area contributed by atoms with Crippen LogP contribution >= 0.6 is 35.4 Å². The molecule has 3 nitrogen and oxygen atoms in total. The Morgan fingerprint density at radius 3 is 2.67 bits per heavy atom. The Morgan fingerprint density at radius 1 is 1.19 bits per heavy atom. The van der Waals surface area contributed by atoms with Gasteiger partial charge in [-0.2, -0.15) is 0 Å². The number of benzene rings is 1. The molecule has 0 atom stereocenters. The molecule has 0 aliphatic heterocycles. The molecule has 2 N–H and O–H groups in total. The van der Waals surface area contributed by atoms with E-state index in [-0.39, 0.29) is 5.82 Å². The van der Waals surface area contributed by atoms with Gasteiger partial charge in [0, 0.05) is 23.3 Å². The molecule has 0 amide bonds. The Hall–Kier alpha value is -1.43. The largest absolute Gasteiger partial charge is 0.362 e. The average Bonchev–Trinajstić information content (AvgIpc) is 2.45. The van der Waals surface area contributed by atoms with Crippen LogP contribution < -0.4 is 10.6 Å². The lowest BCUT2D eigenvalue weighted by Gasteiger charge is -2.11. The van der Waals surface area contributed by atoms with E-state index in [1.165, 1.54) is 6.07 Å². The highest BCUT2D eigenvalue weighted by Crippen LogP contribution is 2.19. The summed E-state index contributed by atoms with van der Waals surface area (Å²) in [7, 11) is 0. The molecule has 0 aliphatic carbocycles. The molecule has 1 aromatic carbocycles. The van der Waals surface area contributed by atoms with Gasteiger partial charge in [0.1, 0.15) is 5.82 Å². The van der Waals surface area contributed by atoms with Crippen molar-refractivity contribution in [2.45, 2.75) is 6.42 Å². The Morgan fingerprint density at radius 2 is 1.95 bits per heavy atom. The van der Waals surface area contributed by atoms with Crippen molar-refractivity contribution in [3.63, 3.8) is 0 Å². The third kappa shape index (κ3) is 4.52. The zero-order valence-electron chi connectivity index (χ0n) is 10.9. The molecule has 110 valence electrons. The number of hydrogen-bond donors (Lipinski definition) is 2. The molecular weight excluding hydrogens is 332 g/mol. The van der Waals surface area contributed by atoms with E-state index >= 15 is 0 Å². The fraction of sp³-hybridized carbons (Fsp3) is 0.143. The molecule has 1 aromatic heterocycles. The van der Waals surface area contributed by atoms with Crippen LogP contribution in [-0.4, -0.2) is 16.6 Å². The van der Waals surface area contributed by atoms with Gasteiger partial charge in [-0.15, -0.1) is 0 Å². The Labute approximate surface area is 137 Å². The lowest BCUT2D eigenvalue weighted by Crippen LogP contribution is -2.30. The van der Waals surface area contributed by atoms with Gasteiger partial charge in [-0.1, -0.05) is 29.3 Å². The summed E-state index contributed by atoms with van der Waals surface area (Å²) in [5, 5.41) is 7.07. The normalized spacial score (nSPS) is 10.2. The van der Waals surface area contributed by atoms with Crippen LogP contribution in [0, 0.1) is 5.82 Å². The van der Waals surface area contributed by atoms with E-state index in [9.17, 15) is 4.39 Å². The van der Waals surface area contributed by atoms with E-state index in [0.717, 1.165) is 0 Å². The van der Waals surface area contributed by atoms with Gasteiger partial charge in [0.2, 0.25) is 0 Å². The summed E-state index contributed by atoms with van der Waals surface area (Å²) in [6.07, 6.45) is 2.03. The van der Waals surface area contributed by atoms with E-state index < -0.39 is 0 Å². The Bertz CT molecular complexity index is 632. The molecule has 0 saturated heterocycles. The van der Waals surface area contributed by atoms with Gasteiger partial charge in [0.25, 0.3) is 0 Å². The summed E-state index contributed by atoms with van der Waals surface area (Å²) in [5.74, 6) is 0.150. The average molecular weight is 344 g/mol. The second-order valence-corrected chi connectivity index (χ2v) is 5.39. The van der Waals surface area contributed by atoms with Gasteiger partial charge < -0.3 is 10.6 Å². The van der Waals surface area contributed by atoms with Crippen molar-refractivity contribution >= 4 is 46.4 Å². The minimum Gasteiger partial charge on any atom is -0.362 e. The summed E-state index contributed by atoms with van der Waals surface area (Å²) in [6, 6.07) is 8.04. The minimum atomic E-state index is -0.323. The van der Waals surface area contributed by atoms with Crippen LogP contribution in [0.3, 0.4) is 0 Å². The Balaban J connectivity index is 1.86. The van der Waals surface area contributed by atoms with Crippen LogP contribution in [0.2, 0.25) is 10.0 Å². The molecule has 7 heteroatoms. The highest BCUT2D eigenvalue weighted by molar-refractivity contribution is 7.80. The monoisotopic (exact) mass is 343 g/mol. The summed E-state index contributed by atoms with van der Waals surface area (Å²) in [5.41, 5.74) is 0.463. The predicted octanol–water partition coefficient (Wildman–Crippen LogP) is 4.06. The van der Waals surface area contributed by atoms with Crippen molar-refractivity contribution in [1.82, 2.24) is 10.3 Å². The first-order valence-corrected chi connectivity index (χ1v) is 7.32. The molecule has 21 heavy (non-hydrogen) atoms. The third-order valence-corrected chi connectivity index (χ3v) is 3.62. The number of aromatic nitrogens is 1. The molecule has 0 bridgehead atoms. The van der Waals surface area contributed by atoms with Gasteiger partial charge in [0.05, 0.1) is 5.02 Å². The summed E-state index contributed by atoms with van der Waals surface area (Å²) < 4.78 is 13.6. The third-order valence-electron chi connectivity index (χ3n) is 2.71. The highest BCUT2D eigenvalue weighted by atomic mass is 35.5. The van der Waals surface area contributed by atoms with Crippen molar-refractivity contribution in [1.29, 1.82) is 0 Å². The van der Waals surface area contributed by atoms with E-state index in [1.54, 1.807) is 30.5 Å².